The second-order valence-corrected chi connectivity index (χ2v) is 7.19. The molecule has 112 valence electrons. The number of hydrogen-bond donors (Lipinski definition) is 1. The average Bonchev–Trinajstić information content (AvgIpc) is 2.89. The van der Waals surface area contributed by atoms with Crippen LogP contribution in [0.3, 0.4) is 0 Å². The molecule has 5 nitrogen and oxygen atoms in total. The molecule has 0 saturated heterocycles. The van der Waals surface area contributed by atoms with E-state index in [9.17, 15) is 4.79 Å². The predicted octanol–water partition coefficient (Wildman–Crippen LogP) is 3.35. The standard InChI is InChI=1S/C15H19N3O2S/c1-9-12(14(19)20)16-11(21-9)7-6-10-8-18(5)17-13(10)15(2,3)4/h6-8H,1-5H3,(H,19,20). The Labute approximate surface area is 128 Å². The first-order valence-electron chi connectivity index (χ1n) is 6.61. The summed E-state index contributed by atoms with van der Waals surface area (Å²) >= 11 is 1.38. The zero-order valence-electron chi connectivity index (χ0n) is 12.8. The fraction of sp³-hybridized carbons (Fsp3) is 0.400. The van der Waals surface area contributed by atoms with Gasteiger partial charge in [0.1, 0.15) is 5.01 Å². The molecule has 2 heterocycles. The van der Waals surface area contributed by atoms with E-state index in [1.165, 1.54) is 11.3 Å². The van der Waals surface area contributed by atoms with Crippen molar-refractivity contribution in [3.05, 3.63) is 33.0 Å². The van der Waals surface area contributed by atoms with Crippen LogP contribution in [-0.2, 0) is 12.5 Å². The molecule has 0 fully saturated rings. The number of carboxylic acid groups (broad SMARTS) is 1. The first-order valence-corrected chi connectivity index (χ1v) is 7.43. The van der Waals surface area contributed by atoms with Gasteiger partial charge in [0, 0.05) is 29.1 Å². The van der Waals surface area contributed by atoms with Gasteiger partial charge in [-0.15, -0.1) is 11.3 Å². The number of rotatable bonds is 3. The number of nitrogens with zero attached hydrogens (tertiary/aromatic N) is 3. The predicted molar refractivity (Wildman–Crippen MR) is 84.6 cm³/mol. The zero-order valence-corrected chi connectivity index (χ0v) is 13.7. The van der Waals surface area contributed by atoms with E-state index in [2.05, 4.69) is 30.9 Å². The lowest BCUT2D eigenvalue weighted by Crippen LogP contribution is -2.13. The third kappa shape index (κ3) is 3.39. The van der Waals surface area contributed by atoms with Crippen molar-refractivity contribution in [2.75, 3.05) is 0 Å². The Kier molecular flexibility index (Phi) is 4.00. The van der Waals surface area contributed by atoms with E-state index in [-0.39, 0.29) is 11.1 Å². The Morgan fingerprint density at radius 3 is 2.57 bits per heavy atom. The van der Waals surface area contributed by atoms with Gasteiger partial charge in [-0.3, -0.25) is 4.68 Å². The van der Waals surface area contributed by atoms with Crippen LogP contribution in [0.2, 0.25) is 0 Å². The normalized spacial score (nSPS) is 12.2. The lowest BCUT2D eigenvalue weighted by atomic mass is 9.89. The van der Waals surface area contributed by atoms with Crippen LogP contribution in [0, 0.1) is 6.92 Å². The molecule has 0 aliphatic carbocycles. The molecule has 0 radical (unpaired) electrons. The number of aromatic nitrogens is 3. The van der Waals surface area contributed by atoms with E-state index in [4.69, 9.17) is 5.11 Å². The summed E-state index contributed by atoms with van der Waals surface area (Å²) in [5, 5.41) is 14.2. The fourth-order valence-electron chi connectivity index (χ4n) is 2.06. The Hall–Kier alpha value is -1.95. The number of hydrogen-bond acceptors (Lipinski definition) is 4. The molecule has 0 unspecified atom stereocenters. The van der Waals surface area contributed by atoms with Crippen molar-refractivity contribution in [3.8, 4) is 0 Å². The molecule has 0 aliphatic rings. The van der Waals surface area contributed by atoms with Crippen LogP contribution in [-0.4, -0.2) is 25.8 Å². The van der Waals surface area contributed by atoms with E-state index in [1.807, 2.05) is 25.4 Å². The van der Waals surface area contributed by atoms with Gasteiger partial charge in [-0.25, -0.2) is 9.78 Å². The fourth-order valence-corrected chi connectivity index (χ4v) is 2.88. The highest BCUT2D eigenvalue weighted by Gasteiger charge is 2.20. The maximum atomic E-state index is 11.0. The molecule has 0 atom stereocenters. The van der Waals surface area contributed by atoms with E-state index in [1.54, 1.807) is 11.6 Å². The van der Waals surface area contributed by atoms with Crippen LogP contribution in [0.1, 0.15) is 52.4 Å². The van der Waals surface area contributed by atoms with Gasteiger partial charge in [-0.1, -0.05) is 20.8 Å². The van der Waals surface area contributed by atoms with Crippen LogP contribution in [0.5, 0.6) is 0 Å². The molecule has 0 aromatic carbocycles. The lowest BCUT2D eigenvalue weighted by molar-refractivity contribution is 0.0690. The van der Waals surface area contributed by atoms with Gasteiger partial charge in [0.15, 0.2) is 5.69 Å². The van der Waals surface area contributed by atoms with Crippen molar-refractivity contribution in [2.24, 2.45) is 7.05 Å². The lowest BCUT2D eigenvalue weighted by Gasteiger charge is -2.16. The molecule has 0 bridgehead atoms. The number of carboxylic acids is 1. The van der Waals surface area contributed by atoms with Crippen LogP contribution in [0.25, 0.3) is 12.2 Å². The van der Waals surface area contributed by atoms with Gasteiger partial charge in [-0.2, -0.15) is 5.10 Å². The van der Waals surface area contributed by atoms with Gasteiger partial charge in [0.25, 0.3) is 0 Å². The highest BCUT2D eigenvalue weighted by molar-refractivity contribution is 7.12. The van der Waals surface area contributed by atoms with Crippen molar-refractivity contribution < 1.29 is 9.90 Å². The maximum absolute atomic E-state index is 11.0. The molecule has 6 heteroatoms. The van der Waals surface area contributed by atoms with Crippen molar-refractivity contribution in [1.29, 1.82) is 0 Å². The summed E-state index contributed by atoms with van der Waals surface area (Å²) in [5.74, 6) is -0.986. The molecule has 0 aliphatic heterocycles. The van der Waals surface area contributed by atoms with Crippen LogP contribution in [0.4, 0.5) is 0 Å². The summed E-state index contributed by atoms with van der Waals surface area (Å²) in [6.45, 7) is 8.11. The Morgan fingerprint density at radius 1 is 1.38 bits per heavy atom. The van der Waals surface area contributed by atoms with Gasteiger partial charge < -0.3 is 5.11 Å². The monoisotopic (exact) mass is 305 g/mol. The smallest absolute Gasteiger partial charge is 0.355 e. The molecule has 0 spiro atoms. The minimum atomic E-state index is -0.986. The molecule has 0 saturated carbocycles. The minimum Gasteiger partial charge on any atom is -0.476 e. The minimum absolute atomic E-state index is 0.0496. The van der Waals surface area contributed by atoms with E-state index >= 15 is 0 Å². The SMILES string of the molecule is Cc1sc(C=Cc2cn(C)nc2C(C)(C)C)nc1C(=O)O. The number of aryl methyl sites for hydroxylation is 2. The molecule has 0 amide bonds. The van der Waals surface area contributed by atoms with Gasteiger partial charge in [0.2, 0.25) is 0 Å². The van der Waals surface area contributed by atoms with E-state index in [0.717, 1.165) is 11.3 Å². The second kappa shape index (κ2) is 5.44. The molecular weight excluding hydrogens is 286 g/mol. The van der Waals surface area contributed by atoms with Crippen molar-refractivity contribution in [3.63, 3.8) is 0 Å². The highest BCUT2D eigenvalue weighted by Crippen LogP contribution is 2.26. The summed E-state index contributed by atoms with van der Waals surface area (Å²) in [5.41, 5.74) is 2.11. The van der Waals surface area contributed by atoms with Crippen LogP contribution in [0.15, 0.2) is 6.20 Å². The maximum Gasteiger partial charge on any atom is 0.355 e. The van der Waals surface area contributed by atoms with E-state index in [0.29, 0.717) is 9.88 Å². The molecule has 1 N–H and O–H groups in total. The zero-order chi connectivity index (χ0) is 15.8. The molecule has 21 heavy (non-hydrogen) atoms. The third-order valence-electron chi connectivity index (χ3n) is 2.99. The number of aromatic carboxylic acids is 1. The third-order valence-corrected chi connectivity index (χ3v) is 3.92. The molecule has 2 aromatic rings. The second-order valence-electron chi connectivity index (χ2n) is 5.95. The van der Waals surface area contributed by atoms with Gasteiger partial charge in [-0.05, 0) is 19.1 Å². The molecule has 2 rings (SSSR count). The molecular formula is C15H19N3O2S. The van der Waals surface area contributed by atoms with Crippen molar-refractivity contribution in [1.82, 2.24) is 14.8 Å². The van der Waals surface area contributed by atoms with Crippen LogP contribution < -0.4 is 0 Å². The first kappa shape index (κ1) is 15.4. The first-order chi connectivity index (χ1) is 9.68. The molecule has 2 aromatic heterocycles. The Balaban J connectivity index is 2.34. The van der Waals surface area contributed by atoms with Gasteiger partial charge >= 0.3 is 5.97 Å². The topological polar surface area (TPSA) is 68.0 Å². The van der Waals surface area contributed by atoms with E-state index < -0.39 is 5.97 Å². The number of carbonyl (C=O) groups is 1. The Morgan fingerprint density at radius 2 is 2.05 bits per heavy atom. The number of thiazole rings is 1. The summed E-state index contributed by atoms with van der Waals surface area (Å²) in [7, 11) is 1.89. The summed E-state index contributed by atoms with van der Waals surface area (Å²) in [6.07, 6.45) is 5.74. The average molecular weight is 305 g/mol. The van der Waals surface area contributed by atoms with Crippen molar-refractivity contribution >= 4 is 29.5 Å². The Bertz CT molecular complexity index is 705. The quantitative estimate of drug-likeness (QED) is 0.944. The van der Waals surface area contributed by atoms with Crippen LogP contribution >= 0.6 is 11.3 Å². The van der Waals surface area contributed by atoms with Gasteiger partial charge in [0.05, 0.1) is 5.69 Å². The highest BCUT2D eigenvalue weighted by atomic mass is 32.1. The largest absolute Gasteiger partial charge is 0.476 e. The summed E-state index contributed by atoms with van der Waals surface area (Å²) in [6, 6.07) is 0. The summed E-state index contributed by atoms with van der Waals surface area (Å²) < 4.78 is 1.79. The van der Waals surface area contributed by atoms with Crippen molar-refractivity contribution in [2.45, 2.75) is 33.1 Å². The summed E-state index contributed by atoms with van der Waals surface area (Å²) in [4.78, 5) is 15.8.